The summed E-state index contributed by atoms with van der Waals surface area (Å²) in [6.45, 7) is 1.92. The van der Waals surface area contributed by atoms with E-state index in [1.165, 1.54) is 4.90 Å². The lowest BCUT2D eigenvalue weighted by atomic mass is 10.2. The van der Waals surface area contributed by atoms with Crippen LogP contribution in [0.1, 0.15) is 11.3 Å². The number of thioether (sulfide) groups is 1. The fraction of sp³-hybridized carbons (Fsp3) is 0.0667. The van der Waals surface area contributed by atoms with Crippen molar-refractivity contribution in [2.75, 3.05) is 4.90 Å². The molecule has 3 rings (SSSR count). The molecule has 1 aliphatic rings. The number of amides is 2. The molecule has 0 radical (unpaired) electrons. The first-order chi connectivity index (χ1) is 10.0. The number of halogens is 1. The zero-order valence-corrected chi connectivity index (χ0v) is 13.4. The Balaban J connectivity index is 1.94. The van der Waals surface area contributed by atoms with Crippen molar-refractivity contribution in [3.05, 3.63) is 57.3 Å². The molecule has 0 unspecified atom stereocenters. The maximum atomic E-state index is 12.4. The molecule has 1 aliphatic heterocycles. The highest BCUT2D eigenvalue weighted by molar-refractivity contribution is 9.10. The van der Waals surface area contributed by atoms with E-state index in [9.17, 15) is 9.59 Å². The van der Waals surface area contributed by atoms with Crippen LogP contribution in [-0.4, -0.2) is 11.1 Å². The van der Waals surface area contributed by atoms with Crippen molar-refractivity contribution in [2.45, 2.75) is 6.92 Å². The monoisotopic (exact) mass is 363 g/mol. The molecule has 1 saturated heterocycles. The van der Waals surface area contributed by atoms with Crippen molar-refractivity contribution in [1.29, 1.82) is 0 Å². The summed E-state index contributed by atoms with van der Waals surface area (Å²) in [6, 6.07) is 10.7. The van der Waals surface area contributed by atoms with Crippen LogP contribution in [-0.2, 0) is 4.79 Å². The van der Waals surface area contributed by atoms with Gasteiger partial charge in [-0.3, -0.25) is 9.59 Å². The van der Waals surface area contributed by atoms with Gasteiger partial charge in [-0.25, -0.2) is 4.90 Å². The Morgan fingerprint density at radius 1 is 1.24 bits per heavy atom. The Labute approximate surface area is 133 Å². The van der Waals surface area contributed by atoms with Gasteiger partial charge in [-0.1, -0.05) is 12.1 Å². The van der Waals surface area contributed by atoms with Crippen molar-refractivity contribution in [1.82, 2.24) is 0 Å². The normalized spacial score (nSPS) is 17.0. The fourth-order valence-corrected chi connectivity index (χ4v) is 3.13. The second-order valence-corrected chi connectivity index (χ2v) is 6.27. The number of imide groups is 1. The lowest BCUT2D eigenvalue weighted by Crippen LogP contribution is -2.27. The number of nitrogens with zero attached hydrogens (tertiary/aromatic N) is 1. The third kappa shape index (κ3) is 2.82. The van der Waals surface area contributed by atoms with Crippen LogP contribution >= 0.6 is 27.7 Å². The molecular formula is C15H10BrNO3S. The molecule has 0 atom stereocenters. The first kappa shape index (κ1) is 14.2. The molecule has 0 aliphatic carbocycles. The average Bonchev–Trinajstić information content (AvgIpc) is 2.94. The number of aryl methyl sites for hydroxylation is 1. The number of benzene rings is 1. The van der Waals surface area contributed by atoms with Gasteiger partial charge >= 0.3 is 0 Å². The first-order valence-corrected chi connectivity index (χ1v) is 7.75. The van der Waals surface area contributed by atoms with Crippen LogP contribution < -0.4 is 4.90 Å². The van der Waals surface area contributed by atoms with E-state index < -0.39 is 0 Å². The Bertz CT molecular complexity index is 766. The number of carbonyl (C=O) groups excluding carboxylic acids is 2. The van der Waals surface area contributed by atoms with E-state index >= 15 is 0 Å². The predicted molar refractivity (Wildman–Crippen MR) is 86.0 cm³/mol. The van der Waals surface area contributed by atoms with Gasteiger partial charge < -0.3 is 4.42 Å². The fourth-order valence-electron chi connectivity index (χ4n) is 1.99. The van der Waals surface area contributed by atoms with Gasteiger partial charge in [0, 0.05) is 6.08 Å². The average molecular weight is 364 g/mol. The largest absolute Gasteiger partial charge is 0.450 e. The minimum Gasteiger partial charge on any atom is -0.450 e. The topological polar surface area (TPSA) is 50.5 Å². The molecule has 21 heavy (non-hydrogen) atoms. The van der Waals surface area contributed by atoms with Gasteiger partial charge in [-0.05, 0) is 64.4 Å². The molecule has 106 valence electrons. The summed E-state index contributed by atoms with van der Waals surface area (Å²) in [6.07, 6.45) is 1.57. The highest BCUT2D eigenvalue weighted by Gasteiger charge is 2.36. The molecule has 1 fully saturated rings. The van der Waals surface area contributed by atoms with E-state index in [4.69, 9.17) is 4.42 Å². The summed E-state index contributed by atoms with van der Waals surface area (Å²) in [5.74, 6) is 0.194. The lowest BCUT2D eigenvalue weighted by molar-refractivity contribution is -0.113. The molecule has 4 nitrogen and oxygen atoms in total. The van der Waals surface area contributed by atoms with Gasteiger partial charge in [0.25, 0.3) is 11.1 Å². The van der Waals surface area contributed by atoms with E-state index in [1.54, 1.807) is 24.3 Å². The number of rotatable bonds is 2. The molecule has 6 heteroatoms. The Hall–Kier alpha value is -1.79. The second-order valence-electron chi connectivity index (χ2n) is 4.50. The quantitative estimate of drug-likeness (QED) is 0.732. The summed E-state index contributed by atoms with van der Waals surface area (Å²) in [5, 5.41) is -0.303. The molecule has 2 heterocycles. The minimum absolute atomic E-state index is 0.303. The Morgan fingerprint density at radius 2 is 2.05 bits per heavy atom. The Morgan fingerprint density at radius 3 is 2.71 bits per heavy atom. The molecular weight excluding hydrogens is 354 g/mol. The standard InChI is InChI=1S/C15H10BrNO3S/c1-9-3-2-4-10(7-9)17-14(18)12(21-15(17)19)8-11-5-6-13(16)20-11/h2-8H,1H3/b12-8+. The van der Waals surface area contributed by atoms with Gasteiger partial charge in [0.05, 0.1) is 10.6 Å². The highest BCUT2D eigenvalue weighted by atomic mass is 79.9. The molecule has 0 N–H and O–H groups in total. The smallest absolute Gasteiger partial charge is 0.298 e. The molecule has 2 aromatic rings. The summed E-state index contributed by atoms with van der Waals surface area (Å²) < 4.78 is 5.91. The number of furan rings is 1. The summed E-state index contributed by atoms with van der Waals surface area (Å²) >= 11 is 4.11. The molecule has 1 aromatic carbocycles. The van der Waals surface area contributed by atoms with Gasteiger partial charge in [-0.2, -0.15) is 0 Å². The van der Waals surface area contributed by atoms with Crippen molar-refractivity contribution in [2.24, 2.45) is 0 Å². The van der Waals surface area contributed by atoms with E-state index in [-0.39, 0.29) is 11.1 Å². The van der Waals surface area contributed by atoms with E-state index in [1.807, 2.05) is 25.1 Å². The SMILES string of the molecule is Cc1cccc(N2C(=O)S/C(=C/c3ccc(Br)o3)C2=O)c1. The van der Waals surface area contributed by atoms with Gasteiger partial charge in [0.15, 0.2) is 4.67 Å². The van der Waals surface area contributed by atoms with Crippen LogP contribution in [0.25, 0.3) is 6.08 Å². The van der Waals surface area contributed by atoms with Gasteiger partial charge in [0.2, 0.25) is 0 Å². The molecule has 0 bridgehead atoms. The van der Waals surface area contributed by atoms with Crippen LogP contribution in [0, 0.1) is 6.92 Å². The van der Waals surface area contributed by atoms with Crippen molar-refractivity contribution in [3.63, 3.8) is 0 Å². The summed E-state index contributed by atoms with van der Waals surface area (Å²) in [7, 11) is 0. The van der Waals surface area contributed by atoms with Crippen LogP contribution in [0.5, 0.6) is 0 Å². The number of carbonyl (C=O) groups is 2. The molecule has 2 amide bonds. The van der Waals surface area contributed by atoms with Crippen LogP contribution in [0.15, 0.2) is 50.4 Å². The maximum absolute atomic E-state index is 12.4. The Kier molecular flexibility index (Phi) is 3.73. The summed E-state index contributed by atoms with van der Waals surface area (Å²) in [4.78, 5) is 26.0. The van der Waals surface area contributed by atoms with Crippen molar-refractivity contribution >= 4 is 50.6 Å². The second kappa shape index (κ2) is 5.54. The highest BCUT2D eigenvalue weighted by Crippen LogP contribution is 2.36. The summed E-state index contributed by atoms with van der Waals surface area (Å²) in [5.41, 5.74) is 1.58. The minimum atomic E-state index is -0.330. The number of hydrogen-bond donors (Lipinski definition) is 0. The van der Waals surface area contributed by atoms with E-state index in [0.717, 1.165) is 17.3 Å². The van der Waals surface area contributed by atoms with Crippen molar-refractivity contribution < 1.29 is 14.0 Å². The molecule has 0 saturated carbocycles. The first-order valence-electron chi connectivity index (χ1n) is 6.14. The molecule has 1 aromatic heterocycles. The number of anilines is 1. The lowest BCUT2D eigenvalue weighted by Gasteiger charge is -2.12. The van der Waals surface area contributed by atoms with Crippen molar-refractivity contribution in [3.8, 4) is 0 Å². The third-order valence-electron chi connectivity index (χ3n) is 2.92. The van der Waals surface area contributed by atoms with E-state index in [0.29, 0.717) is 21.0 Å². The third-order valence-corrected chi connectivity index (χ3v) is 4.22. The van der Waals surface area contributed by atoms with E-state index in [2.05, 4.69) is 15.9 Å². The van der Waals surface area contributed by atoms with Crippen LogP contribution in [0.2, 0.25) is 0 Å². The van der Waals surface area contributed by atoms with Crippen LogP contribution in [0.3, 0.4) is 0 Å². The van der Waals surface area contributed by atoms with Crippen LogP contribution in [0.4, 0.5) is 10.5 Å². The maximum Gasteiger partial charge on any atom is 0.298 e. The predicted octanol–water partition coefficient (Wildman–Crippen LogP) is 4.59. The molecule has 0 spiro atoms. The van der Waals surface area contributed by atoms with Gasteiger partial charge in [0.1, 0.15) is 5.76 Å². The zero-order chi connectivity index (χ0) is 15.0. The number of hydrogen-bond acceptors (Lipinski definition) is 4. The van der Waals surface area contributed by atoms with Gasteiger partial charge in [-0.15, -0.1) is 0 Å². The zero-order valence-electron chi connectivity index (χ0n) is 11.0.